The van der Waals surface area contributed by atoms with Crippen LogP contribution in [0.4, 0.5) is 10.5 Å². The SMILES string of the molecule is CC(C(=O)NC(=O)Nc1ccc2c(c1)OCCO2)N1CCC(N)C(C)(C)C1. The zero-order valence-corrected chi connectivity index (χ0v) is 16.1. The van der Waals surface area contributed by atoms with Gasteiger partial charge in [-0.2, -0.15) is 0 Å². The van der Waals surface area contributed by atoms with E-state index in [0.29, 0.717) is 36.9 Å². The summed E-state index contributed by atoms with van der Waals surface area (Å²) in [5.41, 5.74) is 6.62. The number of nitrogens with zero attached hydrogens (tertiary/aromatic N) is 1. The lowest BCUT2D eigenvalue weighted by Gasteiger charge is -2.44. The van der Waals surface area contributed by atoms with Gasteiger partial charge in [0.1, 0.15) is 13.2 Å². The summed E-state index contributed by atoms with van der Waals surface area (Å²) in [7, 11) is 0. The molecule has 1 fully saturated rings. The number of hydrogen-bond donors (Lipinski definition) is 3. The van der Waals surface area contributed by atoms with E-state index < -0.39 is 12.1 Å². The Hall–Kier alpha value is -2.32. The molecule has 2 unspecified atom stereocenters. The molecular weight excluding hydrogens is 348 g/mol. The number of nitrogens with one attached hydrogen (secondary N) is 2. The molecule has 2 atom stereocenters. The second kappa shape index (κ2) is 7.74. The minimum Gasteiger partial charge on any atom is -0.486 e. The topological polar surface area (TPSA) is 106 Å². The molecule has 2 heterocycles. The smallest absolute Gasteiger partial charge is 0.325 e. The van der Waals surface area contributed by atoms with Crippen LogP contribution < -0.4 is 25.8 Å². The molecule has 0 aromatic heterocycles. The van der Waals surface area contributed by atoms with E-state index in [2.05, 4.69) is 29.4 Å². The van der Waals surface area contributed by atoms with Crippen molar-refractivity contribution in [3.63, 3.8) is 0 Å². The number of anilines is 1. The third-order valence-electron chi connectivity index (χ3n) is 5.31. The van der Waals surface area contributed by atoms with E-state index >= 15 is 0 Å². The first-order valence-electron chi connectivity index (χ1n) is 9.27. The molecule has 27 heavy (non-hydrogen) atoms. The molecule has 1 saturated heterocycles. The maximum Gasteiger partial charge on any atom is 0.325 e. The highest BCUT2D eigenvalue weighted by atomic mass is 16.6. The van der Waals surface area contributed by atoms with E-state index in [1.807, 2.05) is 0 Å². The van der Waals surface area contributed by atoms with Gasteiger partial charge in [0.2, 0.25) is 5.91 Å². The van der Waals surface area contributed by atoms with Gasteiger partial charge in [-0.05, 0) is 30.9 Å². The van der Waals surface area contributed by atoms with Crippen LogP contribution >= 0.6 is 0 Å². The standard InChI is InChI=1S/C19H28N4O4/c1-12(23-7-6-16(20)19(2,3)11-23)17(24)22-18(25)21-13-4-5-14-15(10-13)27-9-8-26-14/h4-5,10,12,16H,6-9,11,20H2,1-3H3,(H2,21,22,24,25). The first kappa shape index (κ1) is 19.4. The molecule has 148 valence electrons. The van der Waals surface area contributed by atoms with Crippen LogP contribution in [0.3, 0.4) is 0 Å². The summed E-state index contributed by atoms with van der Waals surface area (Å²) in [6, 6.07) is 4.24. The number of nitrogens with two attached hydrogens (primary N) is 1. The number of amides is 3. The Kier molecular flexibility index (Phi) is 5.57. The molecule has 3 amide bonds. The number of ether oxygens (including phenoxy) is 2. The van der Waals surface area contributed by atoms with Gasteiger partial charge < -0.3 is 20.5 Å². The van der Waals surface area contributed by atoms with Crippen LogP contribution in [0.5, 0.6) is 11.5 Å². The highest BCUT2D eigenvalue weighted by Gasteiger charge is 2.36. The maximum atomic E-state index is 12.5. The van der Waals surface area contributed by atoms with Gasteiger partial charge in [-0.3, -0.25) is 15.0 Å². The predicted octanol–water partition coefficient (Wildman–Crippen LogP) is 1.55. The number of fused-ring (bicyclic) bond motifs is 1. The fourth-order valence-corrected chi connectivity index (χ4v) is 3.41. The van der Waals surface area contributed by atoms with E-state index in [1.54, 1.807) is 25.1 Å². The van der Waals surface area contributed by atoms with E-state index in [1.165, 1.54) is 0 Å². The number of imide groups is 1. The average Bonchev–Trinajstić information content (AvgIpc) is 2.63. The number of likely N-dealkylation sites (tertiary alicyclic amines) is 1. The van der Waals surface area contributed by atoms with Gasteiger partial charge in [0.25, 0.3) is 0 Å². The average molecular weight is 376 g/mol. The fourth-order valence-electron chi connectivity index (χ4n) is 3.41. The van der Waals surface area contributed by atoms with E-state index in [4.69, 9.17) is 15.2 Å². The summed E-state index contributed by atoms with van der Waals surface area (Å²) < 4.78 is 10.9. The van der Waals surface area contributed by atoms with Gasteiger partial charge in [0, 0.05) is 30.9 Å². The van der Waals surface area contributed by atoms with Crippen molar-refractivity contribution in [2.24, 2.45) is 11.1 Å². The predicted molar refractivity (Wildman–Crippen MR) is 102 cm³/mol. The molecular formula is C19H28N4O4. The zero-order chi connectivity index (χ0) is 19.6. The second-order valence-electron chi connectivity index (χ2n) is 7.83. The number of carbonyl (C=O) groups excluding carboxylic acids is 2. The molecule has 1 aromatic rings. The normalized spacial score (nSPS) is 22.6. The van der Waals surface area contributed by atoms with Crippen LogP contribution in [0.2, 0.25) is 0 Å². The van der Waals surface area contributed by atoms with Gasteiger partial charge in [-0.1, -0.05) is 13.8 Å². The third kappa shape index (κ3) is 4.51. The summed E-state index contributed by atoms with van der Waals surface area (Å²) in [6.07, 6.45) is 0.827. The van der Waals surface area contributed by atoms with Crippen LogP contribution in [-0.4, -0.2) is 55.2 Å². The van der Waals surface area contributed by atoms with Gasteiger partial charge in [-0.15, -0.1) is 0 Å². The number of urea groups is 1. The van der Waals surface area contributed by atoms with Crippen molar-refractivity contribution in [2.75, 3.05) is 31.6 Å². The van der Waals surface area contributed by atoms with Crippen LogP contribution in [0.1, 0.15) is 27.2 Å². The molecule has 0 radical (unpaired) electrons. The molecule has 3 rings (SSSR count). The molecule has 8 nitrogen and oxygen atoms in total. The number of benzene rings is 1. The molecule has 4 N–H and O–H groups in total. The summed E-state index contributed by atoms with van der Waals surface area (Å²) >= 11 is 0. The summed E-state index contributed by atoms with van der Waals surface area (Å²) in [5, 5.41) is 5.07. The summed E-state index contributed by atoms with van der Waals surface area (Å²) in [5.74, 6) is 0.879. The second-order valence-corrected chi connectivity index (χ2v) is 7.83. The molecule has 0 spiro atoms. The first-order chi connectivity index (χ1) is 12.8. The van der Waals surface area contributed by atoms with Crippen molar-refractivity contribution < 1.29 is 19.1 Å². The third-order valence-corrected chi connectivity index (χ3v) is 5.31. The van der Waals surface area contributed by atoms with Crippen molar-refractivity contribution in [2.45, 2.75) is 39.3 Å². The number of piperidine rings is 1. The van der Waals surface area contributed by atoms with Crippen LogP contribution in [0.15, 0.2) is 18.2 Å². The van der Waals surface area contributed by atoms with Crippen LogP contribution in [0.25, 0.3) is 0 Å². The lowest BCUT2D eigenvalue weighted by atomic mass is 9.79. The van der Waals surface area contributed by atoms with Crippen molar-refractivity contribution in [1.82, 2.24) is 10.2 Å². The molecule has 0 saturated carbocycles. The number of carbonyl (C=O) groups is 2. The van der Waals surface area contributed by atoms with E-state index in [9.17, 15) is 9.59 Å². The Bertz CT molecular complexity index is 722. The van der Waals surface area contributed by atoms with Crippen molar-refractivity contribution in [3.8, 4) is 11.5 Å². The summed E-state index contributed by atoms with van der Waals surface area (Å²) in [6.45, 7) is 8.43. The maximum absolute atomic E-state index is 12.5. The Morgan fingerprint density at radius 2 is 1.96 bits per heavy atom. The first-order valence-corrected chi connectivity index (χ1v) is 9.27. The van der Waals surface area contributed by atoms with Gasteiger partial charge >= 0.3 is 6.03 Å². The largest absolute Gasteiger partial charge is 0.486 e. The van der Waals surface area contributed by atoms with Crippen molar-refractivity contribution >= 4 is 17.6 Å². The Morgan fingerprint density at radius 1 is 1.26 bits per heavy atom. The molecule has 8 heteroatoms. The molecule has 0 bridgehead atoms. The fraction of sp³-hybridized carbons (Fsp3) is 0.579. The molecule has 2 aliphatic heterocycles. The Labute approximate surface area is 159 Å². The van der Waals surface area contributed by atoms with E-state index in [0.717, 1.165) is 13.0 Å². The number of hydrogen-bond acceptors (Lipinski definition) is 6. The quantitative estimate of drug-likeness (QED) is 0.739. The van der Waals surface area contributed by atoms with Gasteiger partial charge in [0.15, 0.2) is 11.5 Å². The lowest BCUT2D eigenvalue weighted by Crippen LogP contribution is -2.58. The van der Waals surface area contributed by atoms with Crippen LogP contribution in [0, 0.1) is 5.41 Å². The van der Waals surface area contributed by atoms with E-state index in [-0.39, 0.29) is 17.4 Å². The van der Waals surface area contributed by atoms with Gasteiger partial charge in [-0.25, -0.2) is 4.79 Å². The van der Waals surface area contributed by atoms with Crippen molar-refractivity contribution in [3.05, 3.63) is 18.2 Å². The Balaban J connectivity index is 1.55. The molecule has 1 aromatic carbocycles. The highest BCUT2D eigenvalue weighted by Crippen LogP contribution is 2.32. The lowest BCUT2D eigenvalue weighted by molar-refractivity contribution is -0.126. The van der Waals surface area contributed by atoms with Crippen molar-refractivity contribution in [1.29, 1.82) is 0 Å². The highest BCUT2D eigenvalue weighted by molar-refractivity contribution is 6.02. The van der Waals surface area contributed by atoms with Gasteiger partial charge in [0.05, 0.1) is 6.04 Å². The number of rotatable bonds is 3. The zero-order valence-electron chi connectivity index (χ0n) is 16.1. The monoisotopic (exact) mass is 376 g/mol. The Morgan fingerprint density at radius 3 is 2.67 bits per heavy atom. The van der Waals surface area contributed by atoms with Crippen LogP contribution in [-0.2, 0) is 4.79 Å². The molecule has 2 aliphatic rings. The summed E-state index contributed by atoms with van der Waals surface area (Å²) in [4.78, 5) is 26.7. The molecule has 0 aliphatic carbocycles. The minimum atomic E-state index is -0.573. The minimum absolute atomic E-state index is 0.0692.